The topological polar surface area (TPSA) is 12.9 Å². The molecule has 54 valence electrons. The van der Waals surface area contributed by atoms with Crippen LogP contribution in [0.5, 0.6) is 0 Å². The Balaban J connectivity index is 3.14. The molecule has 0 aliphatic carbocycles. The van der Waals surface area contributed by atoms with Crippen LogP contribution in [-0.4, -0.2) is 4.98 Å². The Morgan fingerprint density at radius 1 is 1.60 bits per heavy atom. The van der Waals surface area contributed by atoms with Crippen molar-refractivity contribution in [2.45, 2.75) is 12.3 Å². The first kappa shape index (κ1) is 8.21. The van der Waals surface area contributed by atoms with E-state index in [1.165, 1.54) is 11.1 Å². The largest absolute Gasteiger partial charge is 0.249 e. The molecule has 0 aromatic carbocycles. The SMILES string of the molecule is Cc1c(CBr)ccnc1Br. The molecule has 0 fully saturated rings. The van der Waals surface area contributed by atoms with Crippen molar-refractivity contribution in [2.75, 3.05) is 0 Å². The van der Waals surface area contributed by atoms with E-state index >= 15 is 0 Å². The van der Waals surface area contributed by atoms with E-state index in [0.29, 0.717) is 0 Å². The van der Waals surface area contributed by atoms with Crippen LogP contribution in [-0.2, 0) is 5.33 Å². The lowest BCUT2D eigenvalue weighted by Gasteiger charge is -2.01. The van der Waals surface area contributed by atoms with Gasteiger partial charge in [0, 0.05) is 11.5 Å². The third-order valence-corrected chi connectivity index (χ3v) is 2.80. The number of aromatic nitrogens is 1. The van der Waals surface area contributed by atoms with Crippen molar-refractivity contribution < 1.29 is 0 Å². The van der Waals surface area contributed by atoms with Crippen LogP contribution in [0.25, 0.3) is 0 Å². The highest BCUT2D eigenvalue weighted by atomic mass is 79.9. The van der Waals surface area contributed by atoms with E-state index in [1.54, 1.807) is 6.20 Å². The van der Waals surface area contributed by atoms with Gasteiger partial charge in [-0.25, -0.2) is 4.98 Å². The minimum absolute atomic E-state index is 0.889. The van der Waals surface area contributed by atoms with Crippen molar-refractivity contribution >= 4 is 31.9 Å². The Hall–Kier alpha value is 0.110. The summed E-state index contributed by atoms with van der Waals surface area (Å²) in [7, 11) is 0. The first-order chi connectivity index (χ1) is 4.75. The summed E-state index contributed by atoms with van der Waals surface area (Å²) in [6.45, 7) is 2.05. The summed E-state index contributed by atoms with van der Waals surface area (Å²) < 4.78 is 0.935. The summed E-state index contributed by atoms with van der Waals surface area (Å²) >= 11 is 6.75. The number of halogens is 2. The average molecular weight is 265 g/mol. The number of nitrogens with zero attached hydrogens (tertiary/aromatic N) is 1. The standard InChI is InChI=1S/C7H7Br2N/c1-5-6(4-8)2-3-10-7(5)9/h2-3H,4H2,1H3. The molecule has 0 bridgehead atoms. The zero-order chi connectivity index (χ0) is 7.56. The van der Waals surface area contributed by atoms with Crippen LogP contribution in [0.2, 0.25) is 0 Å². The average Bonchev–Trinajstić information content (AvgIpc) is 1.95. The molecule has 0 saturated heterocycles. The molecule has 10 heavy (non-hydrogen) atoms. The van der Waals surface area contributed by atoms with E-state index in [0.717, 1.165) is 9.93 Å². The fourth-order valence-corrected chi connectivity index (χ4v) is 1.67. The monoisotopic (exact) mass is 263 g/mol. The molecule has 0 aliphatic heterocycles. The molecule has 0 saturated carbocycles. The van der Waals surface area contributed by atoms with Gasteiger partial charge in [-0.15, -0.1) is 0 Å². The van der Waals surface area contributed by atoms with Crippen LogP contribution in [0.1, 0.15) is 11.1 Å². The fraction of sp³-hybridized carbons (Fsp3) is 0.286. The maximum absolute atomic E-state index is 4.08. The molecule has 0 aliphatic rings. The van der Waals surface area contributed by atoms with Crippen LogP contribution < -0.4 is 0 Å². The molecule has 0 N–H and O–H groups in total. The van der Waals surface area contributed by atoms with Gasteiger partial charge >= 0.3 is 0 Å². The predicted octanol–water partition coefficient (Wildman–Crippen LogP) is 3.05. The molecule has 3 heteroatoms. The van der Waals surface area contributed by atoms with Gasteiger partial charge in [0.1, 0.15) is 4.60 Å². The third-order valence-electron chi connectivity index (χ3n) is 1.40. The molecule has 0 radical (unpaired) electrons. The second kappa shape index (κ2) is 3.49. The normalized spacial score (nSPS) is 9.90. The van der Waals surface area contributed by atoms with E-state index in [-0.39, 0.29) is 0 Å². The Bertz CT molecular complexity index is 235. The summed E-state index contributed by atoms with van der Waals surface area (Å²) in [6, 6.07) is 2.01. The number of alkyl halides is 1. The summed E-state index contributed by atoms with van der Waals surface area (Å²) in [5.74, 6) is 0. The van der Waals surface area contributed by atoms with E-state index in [9.17, 15) is 0 Å². The lowest BCUT2D eigenvalue weighted by atomic mass is 10.2. The van der Waals surface area contributed by atoms with Gasteiger partial charge in [0.05, 0.1) is 0 Å². The molecule has 0 unspecified atom stereocenters. The molecule has 1 aromatic heterocycles. The molecule has 1 aromatic rings. The zero-order valence-electron chi connectivity index (χ0n) is 5.56. The van der Waals surface area contributed by atoms with Crippen molar-refractivity contribution in [1.82, 2.24) is 4.98 Å². The quantitative estimate of drug-likeness (QED) is 0.561. The number of pyridine rings is 1. The summed E-state index contributed by atoms with van der Waals surface area (Å²) in [5, 5.41) is 0.889. The Kier molecular flexibility index (Phi) is 2.86. The molecule has 1 nitrogen and oxygen atoms in total. The maximum Gasteiger partial charge on any atom is 0.109 e. The minimum Gasteiger partial charge on any atom is -0.249 e. The fourth-order valence-electron chi connectivity index (χ4n) is 0.692. The van der Waals surface area contributed by atoms with E-state index < -0.39 is 0 Å². The molecular weight excluding hydrogens is 258 g/mol. The van der Waals surface area contributed by atoms with E-state index in [4.69, 9.17) is 0 Å². The van der Waals surface area contributed by atoms with E-state index in [1.807, 2.05) is 13.0 Å². The molecule has 1 rings (SSSR count). The van der Waals surface area contributed by atoms with Crippen molar-refractivity contribution in [2.24, 2.45) is 0 Å². The lowest BCUT2D eigenvalue weighted by molar-refractivity contribution is 1.17. The second-order valence-corrected chi connectivity index (χ2v) is 3.33. The maximum atomic E-state index is 4.08. The van der Waals surface area contributed by atoms with Gasteiger partial charge in [-0.2, -0.15) is 0 Å². The Labute approximate surface area is 77.1 Å². The van der Waals surface area contributed by atoms with Gasteiger partial charge < -0.3 is 0 Å². The van der Waals surface area contributed by atoms with Gasteiger partial charge in [0.25, 0.3) is 0 Å². The van der Waals surface area contributed by atoms with Crippen LogP contribution in [0, 0.1) is 6.92 Å². The molecule has 1 heterocycles. The van der Waals surface area contributed by atoms with Crippen molar-refractivity contribution in [1.29, 1.82) is 0 Å². The molecule has 0 atom stereocenters. The first-order valence-corrected chi connectivity index (χ1v) is 4.83. The van der Waals surface area contributed by atoms with Gasteiger partial charge in [0.15, 0.2) is 0 Å². The van der Waals surface area contributed by atoms with Gasteiger partial charge in [-0.1, -0.05) is 15.9 Å². The summed E-state index contributed by atoms with van der Waals surface area (Å²) in [4.78, 5) is 4.08. The van der Waals surface area contributed by atoms with Crippen molar-refractivity contribution in [3.63, 3.8) is 0 Å². The highest BCUT2D eigenvalue weighted by Crippen LogP contribution is 2.18. The van der Waals surface area contributed by atoms with Crippen LogP contribution in [0.4, 0.5) is 0 Å². The number of rotatable bonds is 1. The number of hydrogen-bond donors (Lipinski definition) is 0. The molecule has 0 amide bonds. The zero-order valence-corrected chi connectivity index (χ0v) is 8.74. The van der Waals surface area contributed by atoms with Gasteiger partial charge in [0.2, 0.25) is 0 Å². The summed E-state index contributed by atoms with van der Waals surface area (Å²) in [5.41, 5.74) is 2.49. The van der Waals surface area contributed by atoms with Crippen LogP contribution >= 0.6 is 31.9 Å². The highest BCUT2D eigenvalue weighted by Gasteiger charge is 1.99. The minimum atomic E-state index is 0.889. The Morgan fingerprint density at radius 3 is 2.80 bits per heavy atom. The first-order valence-electron chi connectivity index (χ1n) is 2.91. The molecule has 0 spiro atoms. The van der Waals surface area contributed by atoms with Crippen LogP contribution in [0.15, 0.2) is 16.9 Å². The van der Waals surface area contributed by atoms with Crippen molar-refractivity contribution in [3.05, 3.63) is 28.0 Å². The lowest BCUT2D eigenvalue weighted by Crippen LogP contribution is -1.87. The summed E-state index contributed by atoms with van der Waals surface area (Å²) in [6.07, 6.45) is 1.80. The highest BCUT2D eigenvalue weighted by molar-refractivity contribution is 9.10. The predicted molar refractivity (Wildman–Crippen MR) is 49.3 cm³/mol. The smallest absolute Gasteiger partial charge is 0.109 e. The van der Waals surface area contributed by atoms with Gasteiger partial charge in [-0.05, 0) is 40.0 Å². The Morgan fingerprint density at radius 2 is 2.30 bits per heavy atom. The second-order valence-electron chi connectivity index (χ2n) is 2.02. The van der Waals surface area contributed by atoms with E-state index in [2.05, 4.69) is 36.8 Å². The van der Waals surface area contributed by atoms with Crippen molar-refractivity contribution in [3.8, 4) is 0 Å². The third kappa shape index (κ3) is 1.58. The van der Waals surface area contributed by atoms with Gasteiger partial charge in [-0.3, -0.25) is 0 Å². The number of hydrogen-bond acceptors (Lipinski definition) is 1. The van der Waals surface area contributed by atoms with Crippen LogP contribution in [0.3, 0.4) is 0 Å². The molecular formula is C7H7Br2N.